The second kappa shape index (κ2) is 5.75. The van der Waals surface area contributed by atoms with E-state index in [1.54, 1.807) is 0 Å². The monoisotopic (exact) mass is 256 g/mol. The normalized spacial score (nSPS) is 22.9. The van der Waals surface area contributed by atoms with Crippen molar-refractivity contribution < 1.29 is 0 Å². The minimum atomic E-state index is 0.124. The molecule has 2 rings (SSSR count). The lowest BCUT2D eigenvalue weighted by Crippen LogP contribution is -2.52. The van der Waals surface area contributed by atoms with Crippen molar-refractivity contribution in [2.75, 3.05) is 6.54 Å². The Balaban J connectivity index is 2.10. The minimum absolute atomic E-state index is 0.124. The van der Waals surface area contributed by atoms with Crippen molar-refractivity contribution in [3.63, 3.8) is 0 Å². The molecular weight excluding hydrogens is 232 g/mol. The Morgan fingerprint density at radius 2 is 2.00 bits per heavy atom. The molecule has 0 spiro atoms. The zero-order chi connectivity index (χ0) is 13.9. The summed E-state index contributed by atoms with van der Waals surface area (Å²) in [5.41, 5.74) is 2.80. The standard InChI is InChI=1S/C17H24N2/c1-14-6-8-15(9-7-14)13-19-12-4-5-16(10-11-18)17(19,2)3/h6-9,16H,4-5,10,12-13H2,1-3H3. The van der Waals surface area contributed by atoms with Crippen molar-refractivity contribution in [1.29, 1.82) is 5.26 Å². The Labute approximate surface area is 117 Å². The maximum Gasteiger partial charge on any atom is 0.0625 e. The van der Waals surface area contributed by atoms with Gasteiger partial charge in [0, 0.05) is 18.5 Å². The van der Waals surface area contributed by atoms with Gasteiger partial charge in [0.1, 0.15) is 0 Å². The Kier molecular flexibility index (Phi) is 4.27. The Morgan fingerprint density at radius 1 is 1.32 bits per heavy atom. The van der Waals surface area contributed by atoms with Gasteiger partial charge in [-0.15, -0.1) is 0 Å². The van der Waals surface area contributed by atoms with E-state index >= 15 is 0 Å². The van der Waals surface area contributed by atoms with Gasteiger partial charge in [0.2, 0.25) is 0 Å². The second-order valence-electron chi connectivity index (χ2n) is 6.26. The smallest absolute Gasteiger partial charge is 0.0625 e. The molecule has 19 heavy (non-hydrogen) atoms. The Morgan fingerprint density at radius 3 is 2.63 bits per heavy atom. The van der Waals surface area contributed by atoms with Crippen LogP contribution < -0.4 is 0 Å². The van der Waals surface area contributed by atoms with Crippen LogP contribution >= 0.6 is 0 Å². The van der Waals surface area contributed by atoms with E-state index in [1.807, 2.05) is 0 Å². The molecule has 0 saturated carbocycles. The van der Waals surface area contributed by atoms with Crippen molar-refractivity contribution in [1.82, 2.24) is 4.90 Å². The third-order valence-corrected chi connectivity index (χ3v) is 4.63. The van der Waals surface area contributed by atoms with Crippen LogP contribution in [0.3, 0.4) is 0 Å². The number of nitriles is 1. The number of nitrogens with zero attached hydrogens (tertiary/aromatic N) is 2. The predicted molar refractivity (Wildman–Crippen MR) is 78.6 cm³/mol. The SMILES string of the molecule is Cc1ccc(CN2CCCC(CC#N)C2(C)C)cc1. The minimum Gasteiger partial charge on any atom is -0.294 e. The summed E-state index contributed by atoms with van der Waals surface area (Å²) in [6.45, 7) is 8.85. The van der Waals surface area contributed by atoms with Gasteiger partial charge in [0.05, 0.1) is 6.07 Å². The highest BCUT2D eigenvalue weighted by Gasteiger charge is 2.37. The van der Waals surface area contributed by atoms with E-state index in [-0.39, 0.29) is 5.54 Å². The van der Waals surface area contributed by atoms with Gasteiger partial charge < -0.3 is 0 Å². The molecular formula is C17H24N2. The third kappa shape index (κ3) is 3.16. The van der Waals surface area contributed by atoms with Crippen LogP contribution in [0.4, 0.5) is 0 Å². The summed E-state index contributed by atoms with van der Waals surface area (Å²) < 4.78 is 0. The van der Waals surface area contributed by atoms with Crippen LogP contribution in [0.1, 0.15) is 44.2 Å². The third-order valence-electron chi connectivity index (χ3n) is 4.63. The number of likely N-dealkylation sites (tertiary alicyclic amines) is 1. The quantitative estimate of drug-likeness (QED) is 0.820. The summed E-state index contributed by atoms with van der Waals surface area (Å²) in [4.78, 5) is 2.54. The van der Waals surface area contributed by atoms with E-state index in [0.29, 0.717) is 12.3 Å². The van der Waals surface area contributed by atoms with Crippen LogP contribution in [0.2, 0.25) is 0 Å². The molecule has 1 fully saturated rings. The molecule has 1 atom stereocenters. The first-order valence-corrected chi connectivity index (χ1v) is 7.21. The highest BCUT2D eigenvalue weighted by atomic mass is 15.2. The lowest BCUT2D eigenvalue weighted by molar-refractivity contribution is 0.0170. The molecule has 1 aliphatic rings. The first-order chi connectivity index (χ1) is 9.04. The number of hydrogen-bond acceptors (Lipinski definition) is 2. The maximum atomic E-state index is 8.99. The van der Waals surface area contributed by atoms with E-state index in [1.165, 1.54) is 24.0 Å². The number of piperidine rings is 1. The largest absolute Gasteiger partial charge is 0.294 e. The number of hydrogen-bond donors (Lipinski definition) is 0. The molecule has 0 aromatic heterocycles. The molecule has 1 aliphatic heterocycles. The predicted octanol–water partition coefficient (Wildman–Crippen LogP) is 3.90. The molecule has 0 radical (unpaired) electrons. The summed E-state index contributed by atoms with van der Waals surface area (Å²) in [6, 6.07) is 11.2. The number of rotatable bonds is 3. The first-order valence-electron chi connectivity index (χ1n) is 7.21. The molecule has 2 heteroatoms. The molecule has 0 N–H and O–H groups in total. The van der Waals surface area contributed by atoms with E-state index in [4.69, 9.17) is 5.26 Å². The van der Waals surface area contributed by atoms with Gasteiger partial charge in [0.25, 0.3) is 0 Å². The van der Waals surface area contributed by atoms with Crippen LogP contribution in [-0.4, -0.2) is 17.0 Å². The molecule has 1 unspecified atom stereocenters. The molecule has 0 bridgehead atoms. The van der Waals surface area contributed by atoms with Gasteiger partial charge >= 0.3 is 0 Å². The fraction of sp³-hybridized carbons (Fsp3) is 0.588. The molecule has 0 amide bonds. The van der Waals surface area contributed by atoms with Gasteiger partial charge in [-0.2, -0.15) is 5.26 Å². The molecule has 2 nitrogen and oxygen atoms in total. The molecule has 1 aromatic rings. The first kappa shape index (κ1) is 14.1. The van der Waals surface area contributed by atoms with Crippen molar-refractivity contribution in [3.05, 3.63) is 35.4 Å². The lowest BCUT2D eigenvalue weighted by atomic mass is 9.77. The fourth-order valence-electron chi connectivity index (χ4n) is 3.09. The summed E-state index contributed by atoms with van der Waals surface area (Å²) in [7, 11) is 0. The van der Waals surface area contributed by atoms with Gasteiger partial charge in [-0.05, 0) is 51.6 Å². The fourth-order valence-corrected chi connectivity index (χ4v) is 3.09. The average molecular weight is 256 g/mol. The highest BCUT2D eigenvalue weighted by molar-refractivity contribution is 5.21. The Bertz CT molecular complexity index is 453. The maximum absolute atomic E-state index is 8.99. The van der Waals surface area contributed by atoms with Crippen molar-refractivity contribution in [2.45, 2.75) is 52.1 Å². The number of aryl methyl sites for hydroxylation is 1. The van der Waals surface area contributed by atoms with Crippen LogP contribution in [0.5, 0.6) is 0 Å². The zero-order valence-electron chi connectivity index (χ0n) is 12.3. The zero-order valence-corrected chi connectivity index (χ0v) is 12.3. The molecule has 1 aromatic carbocycles. The van der Waals surface area contributed by atoms with Gasteiger partial charge in [-0.1, -0.05) is 29.8 Å². The van der Waals surface area contributed by atoms with Crippen molar-refractivity contribution in [3.8, 4) is 6.07 Å². The van der Waals surface area contributed by atoms with Crippen molar-refractivity contribution in [2.24, 2.45) is 5.92 Å². The summed E-state index contributed by atoms with van der Waals surface area (Å²) in [5.74, 6) is 0.497. The second-order valence-corrected chi connectivity index (χ2v) is 6.26. The van der Waals surface area contributed by atoms with Crippen LogP contribution in [-0.2, 0) is 6.54 Å². The molecule has 1 saturated heterocycles. The van der Waals surface area contributed by atoms with Crippen LogP contribution in [0.25, 0.3) is 0 Å². The summed E-state index contributed by atoms with van der Waals surface area (Å²) >= 11 is 0. The van der Waals surface area contributed by atoms with Crippen LogP contribution in [0, 0.1) is 24.2 Å². The van der Waals surface area contributed by atoms with E-state index in [9.17, 15) is 0 Å². The lowest BCUT2D eigenvalue weighted by Gasteiger charge is -2.47. The summed E-state index contributed by atoms with van der Waals surface area (Å²) in [6.07, 6.45) is 3.07. The molecule has 1 heterocycles. The highest BCUT2D eigenvalue weighted by Crippen LogP contribution is 2.36. The van der Waals surface area contributed by atoms with E-state index in [0.717, 1.165) is 13.1 Å². The topological polar surface area (TPSA) is 27.0 Å². The van der Waals surface area contributed by atoms with Gasteiger partial charge in [0.15, 0.2) is 0 Å². The van der Waals surface area contributed by atoms with E-state index in [2.05, 4.69) is 56.0 Å². The number of benzene rings is 1. The molecule has 102 valence electrons. The van der Waals surface area contributed by atoms with E-state index < -0.39 is 0 Å². The van der Waals surface area contributed by atoms with Crippen LogP contribution in [0.15, 0.2) is 24.3 Å². The van der Waals surface area contributed by atoms with Gasteiger partial charge in [-0.3, -0.25) is 4.90 Å². The Hall–Kier alpha value is -1.33. The van der Waals surface area contributed by atoms with Gasteiger partial charge in [-0.25, -0.2) is 0 Å². The summed E-state index contributed by atoms with van der Waals surface area (Å²) in [5, 5.41) is 8.99. The molecule has 0 aliphatic carbocycles. The average Bonchev–Trinajstić information content (AvgIpc) is 2.37. The van der Waals surface area contributed by atoms with Crippen molar-refractivity contribution >= 4 is 0 Å².